The minimum atomic E-state index is 0.126. The number of aromatic nitrogens is 4. The van der Waals surface area contributed by atoms with Crippen LogP contribution in [0.5, 0.6) is 0 Å². The molecule has 0 bridgehead atoms. The minimum Gasteiger partial charge on any atom is -0.358 e. The number of benzene rings is 1. The second kappa shape index (κ2) is 5.53. The largest absolute Gasteiger partial charge is 0.358 e. The van der Waals surface area contributed by atoms with Crippen molar-refractivity contribution in [1.29, 1.82) is 0 Å². The Morgan fingerprint density at radius 3 is 2.91 bits per heavy atom. The van der Waals surface area contributed by atoms with Gasteiger partial charge in [0.2, 0.25) is 0 Å². The topological polar surface area (TPSA) is 63.6 Å². The van der Waals surface area contributed by atoms with Gasteiger partial charge in [0.25, 0.3) is 0 Å². The molecule has 0 atom stereocenters. The summed E-state index contributed by atoms with van der Waals surface area (Å²) in [6.07, 6.45) is 2.40. The van der Waals surface area contributed by atoms with Crippen LogP contribution >= 0.6 is 11.8 Å². The molecule has 4 rings (SSSR count). The van der Waals surface area contributed by atoms with Crippen molar-refractivity contribution in [2.45, 2.75) is 30.8 Å². The van der Waals surface area contributed by atoms with Crippen molar-refractivity contribution < 1.29 is 4.79 Å². The number of thioether (sulfide) groups is 1. The Morgan fingerprint density at radius 2 is 2.13 bits per heavy atom. The molecule has 6 heteroatoms. The van der Waals surface area contributed by atoms with Gasteiger partial charge in [0.15, 0.2) is 10.9 Å². The van der Waals surface area contributed by atoms with E-state index in [0.717, 1.165) is 33.1 Å². The summed E-state index contributed by atoms with van der Waals surface area (Å²) in [6.45, 7) is 1.95. The maximum absolute atomic E-state index is 12.7. The smallest absolute Gasteiger partial charge is 0.191 e. The molecule has 0 radical (unpaired) electrons. The van der Waals surface area contributed by atoms with E-state index in [0.29, 0.717) is 11.7 Å². The average molecular weight is 326 g/mol. The molecule has 23 heavy (non-hydrogen) atoms. The predicted molar refractivity (Wildman–Crippen MR) is 91.1 cm³/mol. The summed E-state index contributed by atoms with van der Waals surface area (Å²) >= 11 is 1.46. The van der Waals surface area contributed by atoms with Gasteiger partial charge in [-0.15, -0.1) is 10.2 Å². The van der Waals surface area contributed by atoms with Gasteiger partial charge in [-0.25, -0.2) is 0 Å². The lowest BCUT2D eigenvalue weighted by Gasteiger charge is -2.03. The molecule has 0 spiro atoms. The van der Waals surface area contributed by atoms with Crippen LogP contribution in [0.2, 0.25) is 0 Å². The van der Waals surface area contributed by atoms with Crippen LogP contribution in [0.1, 0.15) is 40.6 Å². The molecule has 1 aliphatic rings. The Bertz CT molecular complexity index is 891. The number of fused-ring (bicyclic) bond motifs is 1. The fourth-order valence-electron chi connectivity index (χ4n) is 2.99. The molecule has 1 aromatic carbocycles. The first kappa shape index (κ1) is 14.5. The van der Waals surface area contributed by atoms with E-state index in [1.54, 1.807) is 0 Å². The van der Waals surface area contributed by atoms with Gasteiger partial charge < -0.3 is 9.55 Å². The summed E-state index contributed by atoms with van der Waals surface area (Å²) in [4.78, 5) is 16.0. The first-order valence-corrected chi connectivity index (χ1v) is 8.76. The third kappa shape index (κ3) is 2.57. The summed E-state index contributed by atoms with van der Waals surface area (Å²) in [6, 6.07) is 7.92. The van der Waals surface area contributed by atoms with Crippen molar-refractivity contribution in [2.75, 3.05) is 5.75 Å². The standard InChI is InChI=1S/C17H18N4OS/c1-10-15(12-5-3-4-6-13(12)18-10)14(22)9-23-17-20-19-16(21(17)2)11-7-8-11/h3-6,11,18H,7-9H2,1-2H3. The maximum atomic E-state index is 12.7. The van der Waals surface area contributed by atoms with Crippen LogP contribution in [0.25, 0.3) is 10.9 Å². The molecule has 0 saturated heterocycles. The van der Waals surface area contributed by atoms with E-state index < -0.39 is 0 Å². The Balaban J connectivity index is 1.54. The Hall–Kier alpha value is -2.08. The number of carbonyl (C=O) groups excluding carboxylic acids is 1. The predicted octanol–water partition coefficient (Wildman–Crippen LogP) is 3.46. The quantitative estimate of drug-likeness (QED) is 0.576. The zero-order valence-corrected chi connectivity index (χ0v) is 14.0. The SMILES string of the molecule is Cc1[nH]c2ccccc2c1C(=O)CSc1nnc(C2CC2)n1C. The number of hydrogen-bond donors (Lipinski definition) is 1. The van der Waals surface area contributed by atoms with E-state index in [2.05, 4.69) is 15.2 Å². The van der Waals surface area contributed by atoms with E-state index in [-0.39, 0.29) is 5.78 Å². The summed E-state index contributed by atoms with van der Waals surface area (Å²) in [7, 11) is 1.98. The molecule has 1 fully saturated rings. The molecule has 0 unspecified atom stereocenters. The highest BCUT2D eigenvalue weighted by Crippen LogP contribution is 2.39. The zero-order valence-electron chi connectivity index (χ0n) is 13.2. The van der Waals surface area contributed by atoms with Crippen molar-refractivity contribution in [3.63, 3.8) is 0 Å². The number of Topliss-reactive ketones (excluding diaryl/α,β-unsaturated/α-hetero) is 1. The third-order valence-electron chi connectivity index (χ3n) is 4.32. The van der Waals surface area contributed by atoms with Crippen molar-refractivity contribution in [1.82, 2.24) is 19.7 Å². The van der Waals surface area contributed by atoms with Gasteiger partial charge in [0, 0.05) is 35.1 Å². The molecule has 2 heterocycles. The lowest BCUT2D eigenvalue weighted by atomic mass is 10.1. The van der Waals surface area contributed by atoms with Crippen molar-refractivity contribution in [2.24, 2.45) is 7.05 Å². The normalized spacial score (nSPS) is 14.5. The molecule has 1 saturated carbocycles. The molecule has 1 N–H and O–H groups in total. The molecule has 0 amide bonds. The van der Waals surface area contributed by atoms with E-state index >= 15 is 0 Å². The molecular weight excluding hydrogens is 308 g/mol. The number of hydrogen-bond acceptors (Lipinski definition) is 4. The molecule has 5 nitrogen and oxygen atoms in total. The zero-order chi connectivity index (χ0) is 16.0. The molecule has 3 aromatic rings. The summed E-state index contributed by atoms with van der Waals surface area (Å²) in [5, 5.41) is 10.3. The van der Waals surface area contributed by atoms with Crippen molar-refractivity contribution in [3.05, 3.63) is 41.3 Å². The number of aromatic amines is 1. The van der Waals surface area contributed by atoms with Gasteiger partial charge in [0.1, 0.15) is 5.82 Å². The van der Waals surface area contributed by atoms with Crippen LogP contribution < -0.4 is 0 Å². The van der Waals surface area contributed by atoms with Crippen LogP contribution in [-0.4, -0.2) is 31.3 Å². The van der Waals surface area contributed by atoms with Gasteiger partial charge in [-0.2, -0.15) is 0 Å². The van der Waals surface area contributed by atoms with E-state index in [1.165, 1.54) is 24.6 Å². The summed E-state index contributed by atoms with van der Waals surface area (Å²) in [5.74, 6) is 2.11. The molecular formula is C17H18N4OS. The molecule has 118 valence electrons. The van der Waals surface area contributed by atoms with Gasteiger partial charge in [-0.3, -0.25) is 4.79 Å². The van der Waals surface area contributed by atoms with Crippen LogP contribution in [-0.2, 0) is 7.05 Å². The number of ketones is 1. The molecule has 1 aliphatic carbocycles. The van der Waals surface area contributed by atoms with Crippen molar-refractivity contribution in [3.8, 4) is 0 Å². The Kier molecular flexibility index (Phi) is 3.49. The number of nitrogens with one attached hydrogen (secondary N) is 1. The van der Waals surface area contributed by atoms with E-state index in [4.69, 9.17) is 0 Å². The highest BCUT2D eigenvalue weighted by molar-refractivity contribution is 7.99. The van der Waals surface area contributed by atoms with Crippen molar-refractivity contribution >= 4 is 28.4 Å². The van der Waals surface area contributed by atoms with Gasteiger partial charge in [0.05, 0.1) is 5.75 Å². The lowest BCUT2D eigenvalue weighted by molar-refractivity contribution is 0.102. The van der Waals surface area contributed by atoms with Crippen LogP contribution in [0, 0.1) is 6.92 Å². The number of nitrogens with zero attached hydrogens (tertiary/aromatic N) is 3. The summed E-state index contributed by atoms with van der Waals surface area (Å²) < 4.78 is 2.03. The van der Waals surface area contributed by atoms with Crippen LogP contribution in [0.15, 0.2) is 29.4 Å². The van der Waals surface area contributed by atoms with Gasteiger partial charge in [-0.05, 0) is 25.8 Å². The number of carbonyl (C=O) groups is 1. The average Bonchev–Trinajstić information content (AvgIpc) is 3.23. The number of para-hydroxylation sites is 1. The Morgan fingerprint density at radius 1 is 1.35 bits per heavy atom. The van der Waals surface area contributed by atoms with Crippen LogP contribution in [0.4, 0.5) is 0 Å². The number of aryl methyl sites for hydroxylation is 1. The van der Waals surface area contributed by atoms with Gasteiger partial charge >= 0.3 is 0 Å². The van der Waals surface area contributed by atoms with E-state index in [1.807, 2.05) is 42.8 Å². The second-order valence-electron chi connectivity index (χ2n) is 6.06. The number of rotatable bonds is 5. The second-order valence-corrected chi connectivity index (χ2v) is 7.00. The highest BCUT2D eigenvalue weighted by Gasteiger charge is 2.29. The fraction of sp³-hybridized carbons (Fsp3) is 0.353. The van der Waals surface area contributed by atoms with E-state index in [9.17, 15) is 4.79 Å². The fourth-order valence-corrected chi connectivity index (χ4v) is 3.78. The lowest BCUT2D eigenvalue weighted by Crippen LogP contribution is -2.05. The molecule has 0 aliphatic heterocycles. The maximum Gasteiger partial charge on any atom is 0.191 e. The Labute approximate surface area is 138 Å². The minimum absolute atomic E-state index is 0.126. The monoisotopic (exact) mass is 326 g/mol. The third-order valence-corrected chi connectivity index (χ3v) is 5.34. The summed E-state index contributed by atoms with van der Waals surface area (Å²) in [5.41, 5.74) is 2.72. The van der Waals surface area contributed by atoms with Crippen LogP contribution in [0.3, 0.4) is 0 Å². The number of H-pyrrole nitrogens is 1. The first-order chi connectivity index (χ1) is 11.1. The highest BCUT2D eigenvalue weighted by atomic mass is 32.2. The first-order valence-electron chi connectivity index (χ1n) is 7.77. The van der Waals surface area contributed by atoms with Gasteiger partial charge in [-0.1, -0.05) is 30.0 Å². The molecule has 2 aromatic heterocycles.